The molecule has 0 saturated heterocycles. The van der Waals surface area contributed by atoms with Crippen LogP contribution in [0.5, 0.6) is 5.75 Å². The standard InChI is InChI=1S/C29H30ClF2NO2S.C2H6/c1-4-9-18(5-2)19-12-15-24(35-3)20(16-19)17-33(21-10-7-6-8-11-21)29(34)28-26(30)25-22(31)13-14-23(32)27(25)36-28;1-2/h4-5,9,12-16,21H,6-8,10-11,17H2,1-3H3;1-2H3/b9-4-,18-5+;. The molecule has 0 spiro atoms. The van der Waals surface area contributed by atoms with E-state index in [4.69, 9.17) is 16.3 Å². The number of fused-ring (bicyclic) bond motifs is 1. The van der Waals surface area contributed by atoms with Crippen molar-refractivity contribution in [3.05, 3.63) is 81.2 Å². The monoisotopic (exact) mass is 559 g/mol. The van der Waals surface area contributed by atoms with Crippen LogP contribution in [-0.2, 0) is 6.54 Å². The number of hydrogen-bond acceptors (Lipinski definition) is 3. The second-order valence-electron chi connectivity index (χ2n) is 8.97. The van der Waals surface area contributed by atoms with Gasteiger partial charge in [-0.25, -0.2) is 8.78 Å². The first kappa shape index (κ1) is 29.9. The van der Waals surface area contributed by atoms with Crippen LogP contribution in [0.1, 0.15) is 80.6 Å². The predicted octanol–water partition coefficient (Wildman–Crippen LogP) is 9.82. The Morgan fingerprint density at radius 1 is 1.11 bits per heavy atom. The highest BCUT2D eigenvalue weighted by Crippen LogP contribution is 2.40. The van der Waals surface area contributed by atoms with Gasteiger partial charge in [0.15, 0.2) is 0 Å². The van der Waals surface area contributed by atoms with Crippen LogP contribution in [0.25, 0.3) is 15.7 Å². The summed E-state index contributed by atoms with van der Waals surface area (Å²) in [5.74, 6) is -0.839. The lowest BCUT2D eigenvalue weighted by molar-refractivity contribution is 0.0618. The minimum atomic E-state index is -0.631. The lowest BCUT2D eigenvalue weighted by atomic mass is 9.93. The zero-order chi connectivity index (χ0) is 27.8. The van der Waals surface area contributed by atoms with Gasteiger partial charge in [-0.15, -0.1) is 11.3 Å². The molecular formula is C31H36ClF2NO2S. The number of hydrogen-bond donors (Lipinski definition) is 0. The summed E-state index contributed by atoms with van der Waals surface area (Å²) in [4.78, 5) is 16.0. The number of methoxy groups -OCH3 is 1. The molecule has 3 aromatic rings. The molecule has 1 fully saturated rings. The first-order chi connectivity index (χ1) is 18.4. The van der Waals surface area contributed by atoms with Gasteiger partial charge in [-0.2, -0.15) is 0 Å². The zero-order valence-corrected chi connectivity index (χ0v) is 24.3. The fraction of sp³-hybridized carbons (Fsp3) is 0.387. The van der Waals surface area contributed by atoms with Crippen LogP contribution in [0.3, 0.4) is 0 Å². The van der Waals surface area contributed by atoms with Crippen LogP contribution in [0.15, 0.2) is 48.6 Å². The first-order valence-electron chi connectivity index (χ1n) is 13.2. The zero-order valence-electron chi connectivity index (χ0n) is 22.7. The molecule has 0 N–H and O–H groups in total. The second-order valence-corrected chi connectivity index (χ2v) is 10.4. The van der Waals surface area contributed by atoms with Crippen molar-refractivity contribution in [2.24, 2.45) is 0 Å². The third-order valence-electron chi connectivity index (χ3n) is 6.76. The maximum atomic E-state index is 14.5. The fourth-order valence-electron chi connectivity index (χ4n) is 4.93. The molecule has 7 heteroatoms. The molecule has 1 amide bonds. The van der Waals surface area contributed by atoms with Gasteiger partial charge in [-0.1, -0.05) is 69.0 Å². The van der Waals surface area contributed by atoms with Crippen molar-refractivity contribution in [2.45, 2.75) is 72.4 Å². The smallest absolute Gasteiger partial charge is 0.266 e. The van der Waals surface area contributed by atoms with Gasteiger partial charge >= 0.3 is 0 Å². The first-order valence-corrected chi connectivity index (χ1v) is 14.4. The van der Waals surface area contributed by atoms with E-state index in [1.165, 1.54) is 0 Å². The van der Waals surface area contributed by atoms with E-state index < -0.39 is 11.6 Å². The summed E-state index contributed by atoms with van der Waals surface area (Å²) in [6.45, 7) is 8.26. The van der Waals surface area contributed by atoms with Crippen molar-refractivity contribution in [2.75, 3.05) is 7.11 Å². The van der Waals surface area contributed by atoms with Crippen LogP contribution in [-0.4, -0.2) is 24.0 Å². The van der Waals surface area contributed by atoms with Crippen molar-refractivity contribution in [3.8, 4) is 5.75 Å². The average molecular weight is 560 g/mol. The molecule has 2 aromatic carbocycles. The summed E-state index contributed by atoms with van der Waals surface area (Å²) in [6, 6.07) is 8.08. The molecule has 1 aliphatic rings. The van der Waals surface area contributed by atoms with Gasteiger partial charge in [-0.3, -0.25) is 4.79 Å². The lowest BCUT2D eigenvalue weighted by Crippen LogP contribution is -2.40. The topological polar surface area (TPSA) is 29.5 Å². The van der Waals surface area contributed by atoms with Crippen molar-refractivity contribution in [1.29, 1.82) is 0 Å². The second kappa shape index (κ2) is 13.9. The highest BCUT2D eigenvalue weighted by atomic mass is 35.5. The molecule has 0 unspecified atom stereocenters. The van der Waals surface area contributed by atoms with Crippen molar-refractivity contribution >= 4 is 44.5 Å². The number of benzene rings is 2. The summed E-state index contributed by atoms with van der Waals surface area (Å²) in [7, 11) is 1.61. The van der Waals surface area contributed by atoms with E-state index in [0.717, 1.165) is 72.3 Å². The van der Waals surface area contributed by atoms with Gasteiger partial charge in [0.25, 0.3) is 5.91 Å². The van der Waals surface area contributed by atoms with E-state index in [9.17, 15) is 13.6 Å². The maximum absolute atomic E-state index is 14.5. The van der Waals surface area contributed by atoms with E-state index in [-0.39, 0.29) is 31.9 Å². The number of amides is 1. The van der Waals surface area contributed by atoms with Gasteiger partial charge in [0.05, 0.1) is 22.2 Å². The van der Waals surface area contributed by atoms with Crippen LogP contribution >= 0.6 is 22.9 Å². The number of carbonyl (C=O) groups excluding carboxylic acids is 1. The normalized spacial score (nSPS) is 14.5. The van der Waals surface area contributed by atoms with E-state index in [2.05, 4.69) is 0 Å². The fourth-order valence-corrected chi connectivity index (χ4v) is 6.43. The summed E-state index contributed by atoms with van der Waals surface area (Å²) in [5.41, 5.74) is 2.95. The molecule has 1 aliphatic carbocycles. The summed E-state index contributed by atoms with van der Waals surface area (Å²) >= 11 is 7.43. The van der Waals surface area contributed by atoms with Crippen LogP contribution < -0.4 is 4.74 Å². The largest absolute Gasteiger partial charge is 0.496 e. The Balaban J connectivity index is 0.00000195. The van der Waals surface area contributed by atoms with Gasteiger partial charge in [-0.05, 0) is 62.1 Å². The Morgan fingerprint density at radius 2 is 1.79 bits per heavy atom. The predicted molar refractivity (Wildman–Crippen MR) is 156 cm³/mol. The van der Waals surface area contributed by atoms with Crippen LogP contribution in [0, 0.1) is 11.6 Å². The molecule has 3 nitrogen and oxygen atoms in total. The Kier molecular flexibility index (Phi) is 10.9. The quantitative estimate of drug-likeness (QED) is 0.269. The highest BCUT2D eigenvalue weighted by Gasteiger charge is 2.31. The average Bonchev–Trinajstić information content (AvgIpc) is 3.31. The number of thiophene rings is 1. The molecule has 1 heterocycles. The number of allylic oxidation sites excluding steroid dienone is 4. The van der Waals surface area contributed by atoms with Gasteiger partial charge < -0.3 is 9.64 Å². The molecule has 0 bridgehead atoms. The van der Waals surface area contributed by atoms with E-state index >= 15 is 0 Å². The molecule has 0 radical (unpaired) electrons. The van der Waals surface area contributed by atoms with Gasteiger partial charge in [0.2, 0.25) is 0 Å². The number of halogens is 3. The molecule has 1 saturated carbocycles. The molecular weight excluding hydrogens is 524 g/mol. The maximum Gasteiger partial charge on any atom is 0.266 e. The Hall–Kier alpha value is -2.70. The Bertz CT molecular complexity index is 1330. The molecule has 38 heavy (non-hydrogen) atoms. The minimum absolute atomic E-state index is 0.00677. The van der Waals surface area contributed by atoms with Crippen LogP contribution in [0.2, 0.25) is 5.02 Å². The molecule has 4 rings (SSSR count). The van der Waals surface area contributed by atoms with E-state index in [1.807, 2.05) is 69.0 Å². The number of ether oxygens (including phenoxy) is 1. The number of carbonyl (C=O) groups is 1. The van der Waals surface area contributed by atoms with E-state index in [0.29, 0.717) is 12.3 Å². The molecule has 1 aromatic heterocycles. The number of rotatable bonds is 7. The summed E-state index contributed by atoms with van der Waals surface area (Å²) in [6.07, 6.45) is 11.0. The summed E-state index contributed by atoms with van der Waals surface area (Å²) in [5, 5.41) is -0.0555. The number of nitrogens with zero attached hydrogens (tertiary/aromatic N) is 1. The van der Waals surface area contributed by atoms with Gasteiger partial charge in [0, 0.05) is 18.2 Å². The van der Waals surface area contributed by atoms with Crippen molar-refractivity contribution in [1.82, 2.24) is 4.90 Å². The Morgan fingerprint density at radius 3 is 2.39 bits per heavy atom. The van der Waals surface area contributed by atoms with Gasteiger partial charge in [0.1, 0.15) is 22.3 Å². The third-order valence-corrected chi connectivity index (χ3v) is 8.44. The third kappa shape index (κ3) is 6.29. The molecule has 0 aliphatic heterocycles. The molecule has 204 valence electrons. The van der Waals surface area contributed by atoms with Crippen LogP contribution in [0.4, 0.5) is 8.78 Å². The highest BCUT2D eigenvalue weighted by molar-refractivity contribution is 7.21. The van der Waals surface area contributed by atoms with Crippen molar-refractivity contribution < 1.29 is 18.3 Å². The SMILES string of the molecule is C/C=C\C(=C/C)c1ccc(OC)c(CN(C(=O)c2sc3c(F)ccc(F)c3c2Cl)C2CCCCC2)c1.CC. The summed E-state index contributed by atoms with van der Waals surface area (Å²) < 4.78 is 34.7. The minimum Gasteiger partial charge on any atom is -0.496 e. The van der Waals surface area contributed by atoms with E-state index in [1.54, 1.807) is 7.11 Å². The Labute approximate surface area is 233 Å². The lowest BCUT2D eigenvalue weighted by Gasteiger charge is -2.34. The molecule has 0 atom stereocenters. The van der Waals surface area contributed by atoms with Crippen molar-refractivity contribution in [3.63, 3.8) is 0 Å².